The Morgan fingerprint density at radius 3 is 3.11 bits per heavy atom. The van der Waals surface area contributed by atoms with Gasteiger partial charge in [0.25, 0.3) is 0 Å². The Morgan fingerprint density at radius 1 is 1.42 bits per heavy atom. The van der Waals surface area contributed by atoms with Crippen LogP contribution in [0.1, 0.15) is 12.0 Å². The molecular weight excluding hydrogens is 268 g/mol. The minimum atomic E-state index is 0. The zero-order valence-electron chi connectivity index (χ0n) is 10.5. The summed E-state index contributed by atoms with van der Waals surface area (Å²) in [6.07, 6.45) is 0.915. The Kier molecular flexibility index (Phi) is 4.50. The lowest BCUT2D eigenvalue weighted by Gasteiger charge is -2.11. The molecule has 0 spiro atoms. The predicted octanol–water partition coefficient (Wildman–Crippen LogP) is 1.06. The third-order valence-electron chi connectivity index (χ3n) is 3.36. The van der Waals surface area contributed by atoms with Gasteiger partial charge in [0.05, 0.1) is 5.92 Å². The van der Waals surface area contributed by atoms with Crippen LogP contribution in [0.5, 0.6) is 11.5 Å². The lowest BCUT2D eigenvalue weighted by Crippen LogP contribution is -2.31. The van der Waals surface area contributed by atoms with Gasteiger partial charge in [-0.3, -0.25) is 4.79 Å². The molecule has 1 amide bonds. The van der Waals surface area contributed by atoms with E-state index in [4.69, 9.17) is 9.47 Å². The zero-order chi connectivity index (χ0) is 12.4. The maximum atomic E-state index is 11.9. The summed E-state index contributed by atoms with van der Waals surface area (Å²) >= 11 is 0. The monoisotopic (exact) mass is 284 g/mol. The third-order valence-corrected chi connectivity index (χ3v) is 3.36. The molecule has 1 unspecified atom stereocenters. The first-order valence-corrected chi connectivity index (χ1v) is 6.20. The fraction of sp³-hybridized carbons (Fsp3) is 0.462. The zero-order valence-corrected chi connectivity index (χ0v) is 11.3. The van der Waals surface area contributed by atoms with Crippen molar-refractivity contribution in [2.75, 3.05) is 19.9 Å². The van der Waals surface area contributed by atoms with E-state index >= 15 is 0 Å². The van der Waals surface area contributed by atoms with Gasteiger partial charge in [-0.05, 0) is 19.0 Å². The number of nitrogens with one attached hydrogen (secondary N) is 2. The molecular formula is C13H17ClN2O3. The molecule has 0 radical (unpaired) electrons. The van der Waals surface area contributed by atoms with Gasteiger partial charge in [-0.2, -0.15) is 0 Å². The summed E-state index contributed by atoms with van der Waals surface area (Å²) in [5.74, 6) is 1.71. The molecule has 6 heteroatoms. The normalized spacial score (nSPS) is 19.9. The second-order valence-electron chi connectivity index (χ2n) is 4.56. The Hall–Kier alpha value is -1.46. The van der Waals surface area contributed by atoms with E-state index < -0.39 is 0 Å². The number of fused-ring (bicyclic) bond motifs is 1. The van der Waals surface area contributed by atoms with Crippen LogP contribution >= 0.6 is 12.4 Å². The molecule has 1 aromatic rings. The average molecular weight is 285 g/mol. The first kappa shape index (κ1) is 14.0. The summed E-state index contributed by atoms with van der Waals surface area (Å²) in [6, 6.07) is 5.72. The van der Waals surface area contributed by atoms with Crippen molar-refractivity contribution >= 4 is 18.3 Å². The molecule has 0 bridgehead atoms. The predicted molar refractivity (Wildman–Crippen MR) is 72.6 cm³/mol. The molecule has 2 heterocycles. The molecule has 2 aliphatic heterocycles. The van der Waals surface area contributed by atoms with E-state index in [1.807, 2.05) is 18.2 Å². The highest BCUT2D eigenvalue weighted by atomic mass is 35.5. The number of carbonyl (C=O) groups is 1. The van der Waals surface area contributed by atoms with E-state index in [0.29, 0.717) is 6.54 Å². The van der Waals surface area contributed by atoms with Crippen molar-refractivity contribution in [2.45, 2.75) is 13.0 Å². The number of halogens is 1. The van der Waals surface area contributed by atoms with E-state index in [1.165, 1.54) is 0 Å². The molecule has 0 saturated carbocycles. The second-order valence-corrected chi connectivity index (χ2v) is 4.56. The molecule has 1 atom stereocenters. The van der Waals surface area contributed by atoms with Crippen molar-refractivity contribution in [2.24, 2.45) is 5.92 Å². The molecule has 0 aromatic heterocycles. The van der Waals surface area contributed by atoms with E-state index in [-0.39, 0.29) is 31.0 Å². The van der Waals surface area contributed by atoms with E-state index in [2.05, 4.69) is 10.6 Å². The second kappa shape index (κ2) is 6.12. The number of rotatable bonds is 3. The molecule has 2 N–H and O–H groups in total. The maximum absolute atomic E-state index is 11.9. The highest BCUT2D eigenvalue weighted by molar-refractivity contribution is 5.85. The van der Waals surface area contributed by atoms with Gasteiger partial charge < -0.3 is 20.1 Å². The minimum Gasteiger partial charge on any atom is -0.454 e. The molecule has 19 heavy (non-hydrogen) atoms. The molecule has 3 rings (SSSR count). The van der Waals surface area contributed by atoms with Crippen molar-refractivity contribution in [3.63, 3.8) is 0 Å². The molecule has 1 saturated heterocycles. The van der Waals surface area contributed by atoms with Gasteiger partial charge in [0, 0.05) is 18.7 Å². The first-order chi connectivity index (χ1) is 8.84. The van der Waals surface area contributed by atoms with Gasteiger partial charge in [-0.25, -0.2) is 0 Å². The number of para-hydroxylation sites is 1. The fourth-order valence-electron chi connectivity index (χ4n) is 2.33. The third kappa shape index (κ3) is 2.93. The van der Waals surface area contributed by atoms with Crippen LogP contribution < -0.4 is 20.1 Å². The molecule has 1 fully saturated rings. The van der Waals surface area contributed by atoms with Crippen LogP contribution in [-0.4, -0.2) is 25.8 Å². The summed E-state index contributed by atoms with van der Waals surface area (Å²) in [5.41, 5.74) is 0.962. The van der Waals surface area contributed by atoms with E-state index in [0.717, 1.165) is 36.6 Å². The topological polar surface area (TPSA) is 59.6 Å². The lowest BCUT2D eigenvalue weighted by molar-refractivity contribution is -0.124. The highest BCUT2D eigenvalue weighted by Gasteiger charge is 2.23. The number of hydrogen-bond acceptors (Lipinski definition) is 4. The van der Waals surface area contributed by atoms with Gasteiger partial charge >= 0.3 is 0 Å². The minimum absolute atomic E-state index is 0. The Balaban J connectivity index is 0.00000133. The van der Waals surface area contributed by atoms with Gasteiger partial charge in [-0.1, -0.05) is 12.1 Å². The summed E-state index contributed by atoms with van der Waals surface area (Å²) in [7, 11) is 0. The first-order valence-electron chi connectivity index (χ1n) is 6.20. The fourth-order valence-corrected chi connectivity index (χ4v) is 2.33. The van der Waals surface area contributed by atoms with Crippen molar-refractivity contribution in [1.29, 1.82) is 0 Å². The van der Waals surface area contributed by atoms with Gasteiger partial charge in [0.1, 0.15) is 0 Å². The number of benzene rings is 1. The Morgan fingerprint density at radius 2 is 2.32 bits per heavy atom. The Bertz CT molecular complexity index is 461. The number of amides is 1. The molecule has 5 nitrogen and oxygen atoms in total. The van der Waals surface area contributed by atoms with Crippen molar-refractivity contribution in [1.82, 2.24) is 10.6 Å². The maximum Gasteiger partial charge on any atom is 0.231 e. The van der Waals surface area contributed by atoms with Crippen molar-refractivity contribution < 1.29 is 14.3 Å². The van der Waals surface area contributed by atoms with Crippen LogP contribution in [0.3, 0.4) is 0 Å². The molecule has 1 aromatic carbocycles. The van der Waals surface area contributed by atoms with E-state index in [9.17, 15) is 4.79 Å². The number of hydrogen-bond donors (Lipinski definition) is 2. The smallest absolute Gasteiger partial charge is 0.231 e. The summed E-state index contributed by atoms with van der Waals surface area (Å²) in [6.45, 7) is 2.45. The van der Waals surface area contributed by atoms with Crippen LogP contribution in [0, 0.1) is 5.92 Å². The summed E-state index contributed by atoms with van der Waals surface area (Å²) < 4.78 is 10.7. The van der Waals surface area contributed by atoms with Gasteiger partial charge in [0.2, 0.25) is 12.7 Å². The standard InChI is InChI=1S/C13H16N2O3.ClH/c16-13(10-4-5-14-6-10)15-7-9-2-1-3-11-12(9)18-8-17-11;/h1-3,10,14H,4-8H2,(H,15,16);1H. The van der Waals surface area contributed by atoms with Crippen LogP contribution in [-0.2, 0) is 11.3 Å². The van der Waals surface area contributed by atoms with Crippen LogP contribution in [0.25, 0.3) is 0 Å². The quantitative estimate of drug-likeness (QED) is 0.871. The lowest BCUT2D eigenvalue weighted by atomic mass is 10.1. The van der Waals surface area contributed by atoms with Gasteiger partial charge in [0.15, 0.2) is 11.5 Å². The average Bonchev–Trinajstić information content (AvgIpc) is 3.05. The largest absolute Gasteiger partial charge is 0.454 e. The van der Waals surface area contributed by atoms with E-state index in [1.54, 1.807) is 0 Å². The van der Waals surface area contributed by atoms with Crippen LogP contribution in [0.2, 0.25) is 0 Å². The molecule has 2 aliphatic rings. The number of ether oxygens (including phenoxy) is 2. The summed E-state index contributed by atoms with van der Waals surface area (Å²) in [4.78, 5) is 11.9. The number of carbonyl (C=O) groups excluding carboxylic acids is 1. The molecule has 0 aliphatic carbocycles. The Labute approximate surface area is 118 Å². The van der Waals surface area contributed by atoms with Crippen LogP contribution in [0.15, 0.2) is 18.2 Å². The molecule has 104 valence electrons. The van der Waals surface area contributed by atoms with Gasteiger partial charge in [-0.15, -0.1) is 12.4 Å². The van der Waals surface area contributed by atoms with Crippen molar-refractivity contribution in [3.05, 3.63) is 23.8 Å². The summed E-state index contributed by atoms with van der Waals surface area (Å²) in [5, 5.41) is 6.14. The van der Waals surface area contributed by atoms with Crippen LogP contribution in [0.4, 0.5) is 0 Å². The highest BCUT2D eigenvalue weighted by Crippen LogP contribution is 2.35. The van der Waals surface area contributed by atoms with Crippen molar-refractivity contribution in [3.8, 4) is 11.5 Å². The SMILES string of the molecule is Cl.O=C(NCc1cccc2c1OCO2)C1CCNC1.